The van der Waals surface area contributed by atoms with Crippen LogP contribution in [-0.2, 0) is 4.79 Å². The predicted octanol–water partition coefficient (Wildman–Crippen LogP) is 4.62. The van der Waals surface area contributed by atoms with Gasteiger partial charge in [-0.25, -0.2) is 13.6 Å². The van der Waals surface area contributed by atoms with E-state index >= 15 is 0 Å². The van der Waals surface area contributed by atoms with Gasteiger partial charge in [-0.1, -0.05) is 15.9 Å². The summed E-state index contributed by atoms with van der Waals surface area (Å²) in [5.74, 6) is -2.23. The summed E-state index contributed by atoms with van der Waals surface area (Å²) >= 11 is 3.19. The molecular formula is C15H9BrF2O3. The van der Waals surface area contributed by atoms with Gasteiger partial charge in [-0.05, 0) is 42.5 Å². The molecule has 6 heteroatoms. The molecule has 0 aliphatic heterocycles. The molecule has 21 heavy (non-hydrogen) atoms. The summed E-state index contributed by atoms with van der Waals surface area (Å²) in [6, 6.07) is 7.70. The molecule has 1 N–H and O–H groups in total. The van der Waals surface area contributed by atoms with E-state index in [2.05, 4.69) is 15.9 Å². The van der Waals surface area contributed by atoms with E-state index in [9.17, 15) is 13.6 Å². The second kappa shape index (κ2) is 6.49. The van der Waals surface area contributed by atoms with E-state index in [1.54, 1.807) is 0 Å². The van der Waals surface area contributed by atoms with Gasteiger partial charge in [0.2, 0.25) is 0 Å². The van der Waals surface area contributed by atoms with Gasteiger partial charge in [0.15, 0.2) is 11.6 Å². The topological polar surface area (TPSA) is 46.5 Å². The maximum absolute atomic E-state index is 13.6. The van der Waals surface area contributed by atoms with Gasteiger partial charge in [0.05, 0.1) is 0 Å². The first-order valence-corrected chi connectivity index (χ1v) is 6.58. The standard InChI is InChI=1S/C15H9BrF2O3/c16-10-2-4-12(18)14(8-10)21-13-5-3-11(17)7-9(13)1-6-15(19)20/h1-8H,(H,19,20)/b6-1+. The SMILES string of the molecule is O=C(O)/C=C/c1cc(F)ccc1Oc1cc(Br)ccc1F. The number of carboxylic acid groups (broad SMARTS) is 1. The van der Waals surface area contributed by atoms with Crippen LogP contribution < -0.4 is 4.74 Å². The maximum atomic E-state index is 13.6. The lowest BCUT2D eigenvalue weighted by Crippen LogP contribution is -1.93. The summed E-state index contributed by atoms with van der Waals surface area (Å²) in [6.07, 6.45) is 2.02. The number of ether oxygens (including phenoxy) is 1. The van der Waals surface area contributed by atoms with Crippen LogP contribution in [0.3, 0.4) is 0 Å². The predicted molar refractivity (Wildman–Crippen MR) is 77.2 cm³/mol. The zero-order valence-corrected chi connectivity index (χ0v) is 12.1. The second-order valence-electron chi connectivity index (χ2n) is 4.03. The summed E-state index contributed by atoms with van der Waals surface area (Å²) in [5.41, 5.74) is 0.191. The number of aliphatic carboxylic acids is 1. The van der Waals surface area contributed by atoms with Gasteiger partial charge in [0.1, 0.15) is 11.6 Å². The molecule has 2 aromatic carbocycles. The van der Waals surface area contributed by atoms with Crippen molar-refractivity contribution in [2.75, 3.05) is 0 Å². The normalized spacial score (nSPS) is 10.8. The number of hydrogen-bond donors (Lipinski definition) is 1. The van der Waals surface area contributed by atoms with Gasteiger partial charge >= 0.3 is 5.97 Å². The van der Waals surface area contributed by atoms with Gasteiger partial charge in [0.25, 0.3) is 0 Å². The molecule has 0 saturated carbocycles. The number of halogens is 3. The zero-order chi connectivity index (χ0) is 15.4. The maximum Gasteiger partial charge on any atom is 0.328 e. The fraction of sp³-hybridized carbons (Fsp3) is 0. The molecule has 2 aromatic rings. The highest BCUT2D eigenvalue weighted by molar-refractivity contribution is 9.10. The highest BCUT2D eigenvalue weighted by Gasteiger charge is 2.09. The Balaban J connectivity index is 2.39. The second-order valence-corrected chi connectivity index (χ2v) is 4.95. The average molecular weight is 355 g/mol. The number of rotatable bonds is 4. The molecule has 0 unspecified atom stereocenters. The van der Waals surface area contributed by atoms with Crippen LogP contribution in [0.25, 0.3) is 6.08 Å². The monoisotopic (exact) mass is 354 g/mol. The first-order valence-electron chi connectivity index (χ1n) is 5.79. The molecule has 0 aliphatic rings. The summed E-state index contributed by atoms with van der Waals surface area (Å²) < 4.78 is 32.9. The lowest BCUT2D eigenvalue weighted by atomic mass is 10.2. The molecule has 0 amide bonds. The lowest BCUT2D eigenvalue weighted by Gasteiger charge is -2.10. The van der Waals surface area contributed by atoms with Crippen molar-refractivity contribution in [3.05, 3.63) is 64.1 Å². The van der Waals surface area contributed by atoms with Crippen molar-refractivity contribution in [1.82, 2.24) is 0 Å². The molecule has 0 fully saturated rings. The van der Waals surface area contributed by atoms with Crippen LogP contribution in [0.2, 0.25) is 0 Å². The summed E-state index contributed by atoms with van der Waals surface area (Å²) in [6.45, 7) is 0. The lowest BCUT2D eigenvalue weighted by molar-refractivity contribution is -0.131. The first kappa shape index (κ1) is 15.2. The molecule has 108 valence electrons. The van der Waals surface area contributed by atoms with E-state index in [-0.39, 0.29) is 17.1 Å². The van der Waals surface area contributed by atoms with Crippen molar-refractivity contribution >= 4 is 28.0 Å². The molecule has 0 bridgehead atoms. The van der Waals surface area contributed by atoms with Crippen LogP contribution in [0.4, 0.5) is 8.78 Å². The minimum absolute atomic E-state index is 0.0547. The van der Waals surface area contributed by atoms with Crippen LogP contribution in [0.15, 0.2) is 46.9 Å². The molecule has 0 heterocycles. The van der Waals surface area contributed by atoms with E-state index in [4.69, 9.17) is 9.84 Å². The quantitative estimate of drug-likeness (QED) is 0.815. The number of carboxylic acids is 1. The fourth-order valence-electron chi connectivity index (χ4n) is 1.58. The zero-order valence-electron chi connectivity index (χ0n) is 10.5. The van der Waals surface area contributed by atoms with E-state index < -0.39 is 17.6 Å². The fourth-order valence-corrected chi connectivity index (χ4v) is 1.92. The third kappa shape index (κ3) is 4.13. The molecule has 0 aliphatic carbocycles. The Hall–Kier alpha value is -2.21. The van der Waals surface area contributed by atoms with Gasteiger partial charge in [-0.15, -0.1) is 0 Å². The van der Waals surface area contributed by atoms with E-state index in [1.807, 2.05) is 0 Å². The molecule has 0 saturated heterocycles. The minimum atomic E-state index is -1.18. The third-order valence-electron chi connectivity index (χ3n) is 2.49. The Morgan fingerprint density at radius 2 is 1.90 bits per heavy atom. The molecule has 0 radical (unpaired) electrons. The number of carbonyl (C=O) groups is 1. The van der Waals surface area contributed by atoms with Gasteiger partial charge in [-0.2, -0.15) is 0 Å². The molecule has 0 aromatic heterocycles. The van der Waals surface area contributed by atoms with Crippen LogP contribution in [0, 0.1) is 11.6 Å². The Morgan fingerprint density at radius 3 is 2.62 bits per heavy atom. The van der Waals surface area contributed by atoms with Crippen LogP contribution in [0.1, 0.15) is 5.56 Å². The van der Waals surface area contributed by atoms with Gasteiger partial charge in [-0.3, -0.25) is 0 Å². The van der Waals surface area contributed by atoms with Crippen molar-refractivity contribution in [2.45, 2.75) is 0 Å². The van der Waals surface area contributed by atoms with Gasteiger partial charge < -0.3 is 9.84 Å². The summed E-state index contributed by atoms with van der Waals surface area (Å²) in [5, 5.41) is 8.62. The van der Waals surface area contributed by atoms with Crippen molar-refractivity contribution in [1.29, 1.82) is 0 Å². The van der Waals surface area contributed by atoms with E-state index in [1.165, 1.54) is 30.3 Å². The molecule has 0 atom stereocenters. The van der Waals surface area contributed by atoms with Crippen molar-refractivity contribution in [3.8, 4) is 11.5 Å². The van der Waals surface area contributed by atoms with E-state index in [0.29, 0.717) is 4.47 Å². The number of benzene rings is 2. The van der Waals surface area contributed by atoms with Crippen LogP contribution >= 0.6 is 15.9 Å². The largest absolute Gasteiger partial charge is 0.478 e. The molecule has 3 nitrogen and oxygen atoms in total. The first-order chi connectivity index (χ1) is 9.95. The van der Waals surface area contributed by atoms with Crippen molar-refractivity contribution in [3.63, 3.8) is 0 Å². The van der Waals surface area contributed by atoms with Crippen molar-refractivity contribution < 1.29 is 23.4 Å². The Labute approximate surface area is 127 Å². The average Bonchev–Trinajstić information content (AvgIpc) is 2.43. The Bertz CT molecular complexity index is 714. The number of hydrogen-bond acceptors (Lipinski definition) is 2. The summed E-state index contributed by atoms with van der Waals surface area (Å²) in [4.78, 5) is 10.5. The van der Waals surface area contributed by atoms with Crippen LogP contribution in [-0.4, -0.2) is 11.1 Å². The Kier molecular flexibility index (Phi) is 4.70. The third-order valence-corrected chi connectivity index (χ3v) is 2.98. The van der Waals surface area contributed by atoms with Gasteiger partial charge in [0, 0.05) is 16.1 Å². The minimum Gasteiger partial charge on any atom is -0.478 e. The van der Waals surface area contributed by atoms with Crippen molar-refractivity contribution in [2.24, 2.45) is 0 Å². The highest BCUT2D eigenvalue weighted by atomic mass is 79.9. The van der Waals surface area contributed by atoms with Crippen LogP contribution in [0.5, 0.6) is 11.5 Å². The molecular weight excluding hydrogens is 346 g/mol. The smallest absolute Gasteiger partial charge is 0.328 e. The van der Waals surface area contributed by atoms with E-state index in [0.717, 1.165) is 18.2 Å². The molecule has 0 spiro atoms. The highest BCUT2D eigenvalue weighted by Crippen LogP contribution is 2.30. The molecule has 2 rings (SSSR count). The summed E-state index contributed by atoms with van der Waals surface area (Å²) in [7, 11) is 0. The Morgan fingerprint density at radius 1 is 1.14 bits per heavy atom.